The lowest BCUT2D eigenvalue weighted by Gasteiger charge is -2.07. The molecule has 5 heteroatoms. The minimum Gasteiger partial charge on any atom is -0.480 e. The van der Waals surface area contributed by atoms with Crippen LogP contribution in [-0.2, 0) is 9.59 Å². The second-order valence-electron chi connectivity index (χ2n) is 2.13. The number of nitrogens with one attached hydrogen (secondary N) is 1. The molecule has 1 amide bonds. The third-order valence-electron chi connectivity index (χ3n) is 1.19. The van der Waals surface area contributed by atoms with Crippen LogP contribution in [-0.4, -0.2) is 29.6 Å². The largest absolute Gasteiger partial charge is 0.480 e. The van der Waals surface area contributed by atoms with Crippen molar-refractivity contribution >= 4 is 11.9 Å². The Bertz CT molecular complexity index is 161. The molecule has 1 unspecified atom stereocenters. The SMILES string of the molecule is CC.CC.CCC(N)C(=O)NCC(=O)O. The second-order valence-corrected chi connectivity index (χ2v) is 2.13. The van der Waals surface area contributed by atoms with Crippen LogP contribution in [0.4, 0.5) is 0 Å². The van der Waals surface area contributed by atoms with Gasteiger partial charge in [0.25, 0.3) is 0 Å². The molecule has 0 aliphatic carbocycles. The Hall–Kier alpha value is -1.10. The average molecular weight is 220 g/mol. The lowest BCUT2D eigenvalue weighted by molar-refractivity contribution is -0.138. The first-order valence-electron chi connectivity index (χ1n) is 5.33. The van der Waals surface area contributed by atoms with Crippen molar-refractivity contribution in [3.8, 4) is 0 Å². The molecule has 5 nitrogen and oxygen atoms in total. The van der Waals surface area contributed by atoms with Gasteiger partial charge in [-0.25, -0.2) is 0 Å². The van der Waals surface area contributed by atoms with Crippen molar-refractivity contribution in [1.82, 2.24) is 5.32 Å². The molecule has 1 atom stereocenters. The summed E-state index contributed by atoms with van der Waals surface area (Å²) in [4.78, 5) is 20.7. The van der Waals surface area contributed by atoms with Crippen molar-refractivity contribution < 1.29 is 14.7 Å². The summed E-state index contributed by atoms with van der Waals surface area (Å²) in [5.41, 5.74) is 5.30. The molecule has 0 heterocycles. The summed E-state index contributed by atoms with van der Waals surface area (Å²) in [6, 6.07) is -0.602. The molecule has 0 aromatic heterocycles. The molecule has 0 aromatic rings. The monoisotopic (exact) mass is 220 g/mol. The summed E-state index contributed by atoms with van der Waals surface area (Å²) >= 11 is 0. The summed E-state index contributed by atoms with van der Waals surface area (Å²) in [6.07, 6.45) is 0.505. The quantitative estimate of drug-likeness (QED) is 0.658. The van der Waals surface area contributed by atoms with Gasteiger partial charge in [0.1, 0.15) is 6.54 Å². The summed E-state index contributed by atoms with van der Waals surface area (Å²) in [7, 11) is 0. The number of carboxylic acids is 1. The van der Waals surface area contributed by atoms with Gasteiger partial charge < -0.3 is 16.2 Å². The number of amides is 1. The van der Waals surface area contributed by atoms with Crippen LogP contribution in [0.15, 0.2) is 0 Å². The Labute approximate surface area is 92.0 Å². The third kappa shape index (κ3) is 15.6. The van der Waals surface area contributed by atoms with Gasteiger partial charge in [0.05, 0.1) is 6.04 Å². The topological polar surface area (TPSA) is 92.4 Å². The number of rotatable bonds is 4. The Morgan fingerprint density at radius 2 is 1.67 bits per heavy atom. The van der Waals surface area contributed by atoms with Crippen LogP contribution in [0.5, 0.6) is 0 Å². The first kappa shape index (κ1) is 19.5. The minimum absolute atomic E-state index is 0.369. The molecule has 0 aliphatic heterocycles. The molecular weight excluding hydrogens is 196 g/mol. The molecule has 0 aromatic carbocycles. The van der Waals surface area contributed by atoms with Crippen LogP contribution in [0.25, 0.3) is 0 Å². The van der Waals surface area contributed by atoms with Crippen molar-refractivity contribution in [2.75, 3.05) is 6.54 Å². The van der Waals surface area contributed by atoms with Crippen molar-refractivity contribution in [2.24, 2.45) is 5.73 Å². The van der Waals surface area contributed by atoms with Gasteiger partial charge in [-0.2, -0.15) is 0 Å². The molecule has 0 spiro atoms. The molecule has 0 radical (unpaired) electrons. The van der Waals surface area contributed by atoms with E-state index in [1.807, 2.05) is 27.7 Å². The van der Waals surface area contributed by atoms with Gasteiger partial charge in [0.2, 0.25) is 5.91 Å². The van der Waals surface area contributed by atoms with E-state index in [2.05, 4.69) is 5.32 Å². The first-order valence-corrected chi connectivity index (χ1v) is 5.33. The van der Waals surface area contributed by atoms with E-state index in [-0.39, 0.29) is 6.54 Å². The molecular formula is C10H24N2O3. The van der Waals surface area contributed by atoms with E-state index in [1.54, 1.807) is 6.92 Å². The lowest BCUT2D eigenvalue weighted by Crippen LogP contribution is -2.42. The Morgan fingerprint density at radius 3 is 1.93 bits per heavy atom. The Balaban J connectivity index is -0.000000318. The van der Waals surface area contributed by atoms with Crippen LogP contribution in [0.3, 0.4) is 0 Å². The normalized spacial score (nSPS) is 9.73. The van der Waals surface area contributed by atoms with Crippen molar-refractivity contribution in [1.29, 1.82) is 0 Å². The fraction of sp³-hybridized carbons (Fsp3) is 0.800. The van der Waals surface area contributed by atoms with Crippen LogP contribution >= 0.6 is 0 Å². The van der Waals surface area contributed by atoms with E-state index < -0.39 is 17.9 Å². The molecule has 4 N–H and O–H groups in total. The zero-order valence-electron chi connectivity index (χ0n) is 10.3. The maximum Gasteiger partial charge on any atom is 0.322 e. The summed E-state index contributed by atoms with van der Waals surface area (Å²) in [6.45, 7) is 9.39. The summed E-state index contributed by atoms with van der Waals surface area (Å²) in [5, 5.41) is 10.3. The summed E-state index contributed by atoms with van der Waals surface area (Å²) < 4.78 is 0. The zero-order chi connectivity index (χ0) is 12.9. The molecule has 92 valence electrons. The zero-order valence-corrected chi connectivity index (χ0v) is 10.3. The van der Waals surface area contributed by atoms with Gasteiger partial charge in [0.15, 0.2) is 0 Å². The van der Waals surface area contributed by atoms with E-state index >= 15 is 0 Å². The third-order valence-corrected chi connectivity index (χ3v) is 1.19. The molecule has 15 heavy (non-hydrogen) atoms. The standard InChI is InChI=1S/C6H12N2O3.2C2H6/c1-2-4(7)6(11)8-3-5(9)10;2*1-2/h4H,2-3,7H2,1H3,(H,8,11)(H,9,10);2*1-2H3. The van der Waals surface area contributed by atoms with E-state index in [9.17, 15) is 9.59 Å². The molecule has 0 saturated carbocycles. The van der Waals surface area contributed by atoms with E-state index in [1.165, 1.54) is 0 Å². The fourth-order valence-corrected chi connectivity index (χ4v) is 0.479. The van der Waals surface area contributed by atoms with Gasteiger partial charge in [-0.1, -0.05) is 34.6 Å². The number of aliphatic carboxylic acids is 1. The smallest absolute Gasteiger partial charge is 0.322 e. The fourth-order valence-electron chi connectivity index (χ4n) is 0.479. The minimum atomic E-state index is -1.07. The molecule has 0 bridgehead atoms. The molecule has 0 rings (SSSR count). The van der Waals surface area contributed by atoms with Crippen molar-refractivity contribution in [3.63, 3.8) is 0 Å². The average Bonchev–Trinajstić information content (AvgIpc) is 2.30. The molecule has 0 fully saturated rings. The Kier molecular flexibility index (Phi) is 20.0. The summed E-state index contributed by atoms with van der Waals surface area (Å²) in [5.74, 6) is -1.49. The molecule has 0 saturated heterocycles. The van der Waals surface area contributed by atoms with Crippen molar-refractivity contribution in [3.05, 3.63) is 0 Å². The van der Waals surface area contributed by atoms with E-state index in [4.69, 9.17) is 10.8 Å². The number of hydrogen-bond acceptors (Lipinski definition) is 3. The molecule has 0 aliphatic rings. The van der Waals surface area contributed by atoms with Gasteiger partial charge in [0, 0.05) is 0 Å². The predicted molar refractivity (Wildman–Crippen MR) is 61.6 cm³/mol. The second kappa shape index (κ2) is 15.4. The van der Waals surface area contributed by atoms with Gasteiger partial charge in [-0.05, 0) is 6.42 Å². The predicted octanol–water partition coefficient (Wildman–Crippen LogP) is 0.977. The number of nitrogens with two attached hydrogens (primary N) is 1. The van der Waals surface area contributed by atoms with Crippen LogP contribution in [0.1, 0.15) is 41.0 Å². The number of carboxylic acid groups (broad SMARTS) is 1. The van der Waals surface area contributed by atoms with Crippen molar-refractivity contribution in [2.45, 2.75) is 47.1 Å². The number of hydrogen-bond donors (Lipinski definition) is 3. The maximum atomic E-state index is 10.8. The highest BCUT2D eigenvalue weighted by molar-refractivity contribution is 5.84. The Morgan fingerprint density at radius 1 is 1.27 bits per heavy atom. The van der Waals surface area contributed by atoms with E-state index in [0.717, 1.165) is 0 Å². The maximum absolute atomic E-state index is 10.8. The highest BCUT2D eigenvalue weighted by Crippen LogP contribution is 1.84. The highest BCUT2D eigenvalue weighted by Gasteiger charge is 2.10. The number of carbonyl (C=O) groups is 2. The van der Waals surface area contributed by atoms with Crippen LogP contribution < -0.4 is 11.1 Å². The van der Waals surface area contributed by atoms with Crippen LogP contribution in [0.2, 0.25) is 0 Å². The van der Waals surface area contributed by atoms with Gasteiger partial charge >= 0.3 is 5.97 Å². The van der Waals surface area contributed by atoms with Gasteiger partial charge in [-0.15, -0.1) is 0 Å². The first-order chi connectivity index (χ1) is 7.07. The highest BCUT2D eigenvalue weighted by atomic mass is 16.4. The lowest BCUT2D eigenvalue weighted by atomic mass is 10.2. The van der Waals surface area contributed by atoms with Gasteiger partial charge in [-0.3, -0.25) is 9.59 Å². The van der Waals surface area contributed by atoms with Crippen LogP contribution in [0, 0.1) is 0 Å². The number of carbonyl (C=O) groups excluding carboxylic acids is 1. The van der Waals surface area contributed by atoms with E-state index in [0.29, 0.717) is 6.42 Å².